The van der Waals surface area contributed by atoms with Gasteiger partial charge in [0.1, 0.15) is 0 Å². The minimum atomic E-state index is 0.396. The zero-order chi connectivity index (χ0) is 15.1. The molecule has 22 heavy (non-hydrogen) atoms. The third kappa shape index (κ3) is 2.75. The third-order valence-electron chi connectivity index (χ3n) is 5.83. The zero-order valence-electron chi connectivity index (χ0n) is 13.3. The highest BCUT2D eigenvalue weighted by atomic mass is 32.1. The Balaban J connectivity index is 1.29. The quantitative estimate of drug-likeness (QED) is 0.859. The number of thiazole rings is 1. The molecule has 2 heterocycles. The lowest BCUT2D eigenvalue weighted by Gasteiger charge is -2.35. The summed E-state index contributed by atoms with van der Waals surface area (Å²) in [5.74, 6) is 2.87. The van der Waals surface area contributed by atoms with E-state index in [1.54, 1.807) is 11.3 Å². The van der Waals surface area contributed by atoms with Crippen LogP contribution in [0.2, 0.25) is 0 Å². The van der Waals surface area contributed by atoms with Crippen LogP contribution >= 0.6 is 11.3 Å². The molecule has 2 saturated carbocycles. The van der Waals surface area contributed by atoms with Gasteiger partial charge in [-0.15, -0.1) is 11.3 Å². The van der Waals surface area contributed by atoms with Gasteiger partial charge in [0.15, 0.2) is 5.13 Å². The number of amides is 1. The molecule has 3 fully saturated rings. The molecule has 4 rings (SSSR count). The van der Waals surface area contributed by atoms with Crippen LogP contribution in [0.1, 0.15) is 37.8 Å². The van der Waals surface area contributed by atoms with Gasteiger partial charge in [0.05, 0.1) is 5.69 Å². The molecule has 1 saturated heterocycles. The van der Waals surface area contributed by atoms with Crippen LogP contribution in [0.4, 0.5) is 5.13 Å². The van der Waals surface area contributed by atoms with Crippen molar-refractivity contribution in [3.05, 3.63) is 11.1 Å². The van der Waals surface area contributed by atoms with Crippen molar-refractivity contribution in [2.45, 2.75) is 39.0 Å². The number of hydrogen-bond acceptors (Lipinski definition) is 4. The molecule has 1 aromatic heterocycles. The second kappa shape index (κ2) is 5.84. The normalized spacial score (nSPS) is 31.0. The summed E-state index contributed by atoms with van der Waals surface area (Å²) in [6.07, 6.45) is 6.31. The van der Waals surface area contributed by atoms with Gasteiger partial charge in [-0.1, -0.05) is 6.42 Å². The molecule has 120 valence electrons. The Morgan fingerprint density at radius 3 is 2.68 bits per heavy atom. The second-order valence-corrected chi connectivity index (χ2v) is 8.11. The maximum atomic E-state index is 12.6. The summed E-state index contributed by atoms with van der Waals surface area (Å²) in [7, 11) is 0. The number of piperazine rings is 1. The smallest absolute Gasteiger partial charge is 0.222 e. The molecule has 0 aromatic carbocycles. The van der Waals surface area contributed by atoms with Crippen molar-refractivity contribution in [3.8, 4) is 0 Å². The van der Waals surface area contributed by atoms with Crippen LogP contribution in [-0.4, -0.2) is 42.0 Å². The van der Waals surface area contributed by atoms with Gasteiger partial charge in [0, 0.05) is 38.0 Å². The molecular weight excluding hydrogens is 294 g/mol. The van der Waals surface area contributed by atoms with Crippen molar-refractivity contribution in [2.75, 3.05) is 31.1 Å². The molecule has 4 nitrogen and oxygen atoms in total. The number of anilines is 1. The maximum Gasteiger partial charge on any atom is 0.222 e. The fraction of sp³-hybridized carbons (Fsp3) is 0.765. The molecule has 3 aliphatic rings. The Bertz CT molecular complexity index is 550. The lowest BCUT2D eigenvalue weighted by atomic mass is 9.86. The van der Waals surface area contributed by atoms with Gasteiger partial charge in [-0.25, -0.2) is 4.98 Å². The Kier molecular flexibility index (Phi) is 3.84. The summed E-state index contributed by atoms with van der Waals surface area (Å²) < 4.78 is 0. The van der Waals surface area contributed by atoms with Crippen molar-refractivity contribution in [1.29, 1.82) is 0 Å². The van der Waals surface area contributed by atoms with Crippen molar-refractivity contribution in [3.63, 3.8) is 0 Å². The van der Waals surface area contributed by atoms with Crippen LogP contribution in [0, 0.1) is 24.7 Å². The molecule has 0 unspecified atom stereocenters. The molecule has 1 aliphatic heterocycles. The number of aromatic nitrogens is 1. The summed E-state index contributed by atoms with van der Waals surface area (Å²) in [5, 5.41) is 3.21. The Hall–Kier alpha value is -1.10. The number of hydrogen-bond donors (Lipinski definition) is 0. The van der Waals surface area contributed by atoms with E-state index in [0.717, 1.165) is 55.3 Å². The highest BCUT2D eigenvalue weighted by molar-refractivity contribution is 7.13. The summed E-state index contributed by atoms with van der Waals surface area (Å²) in [6, 6.07) is 0. The number of carbonyl (C=O) groups is 1. The highest BCUT2D eigenvalue weighted by Gasteiger charge is 2.40. The van der Waals surface area contributed by atoms with E-state index >= 15 is 0 Å². The van der Waals surface area contributed by atoms with E-state index in [9.17, 15) is 4.79 Å². The van der Waals surface area contributed by atoms with Crippen molar-refractivity contribution in [1.82, 2.24) is 9.88 Å². The van der Waals surface area contributed by atoms with Crippen LogP contribution < -0.4 is 4.90 Å². The largest absolute Gasteiger partial charge is 0.345 e. The lowest BCUT2D eigenvalue weighted by molar-refractivity contribution is -0.132. The summed E-state index contributed by atoms with van der Waals surface area (Å²) in [5.41, 5.74) is 1.09. The highest BCUT2D eigenvalue weighted by Crippen LogP contribution is 2.49. The average Bonchev–Trinajstić information content (AvgIpc) is 3.24. The average molecular weight is 319 g/mol. The first-order valence-corrected chi connectivity index (χ1v) is 9.52. The summed E-state index contributed by atoms with van der Waals surface area (Å²) in [4.78, 5) is 21.5. The van der Waals surface area contributed by atoms with Crippen molar-refractivity contribution >= 4 is 22.4 Å². The van der Waals surface area contributed by atoms with E-state index in [0.29, 0.717) is 11.8 Å². The SMILES string of the molecule is Cc1csc(N2CCN(C(=O)C[C@@H]3C[C@H]4CC[C@H]3C4)CC2)n1. The maximum absolute atomic E-state index is 12.6. The van der Waals surface area contributed by atoms with E-state index in [-0.39, 0.29) is 0 Å². The van der Waals surface area contributed by atoms with Gasteiger partial charge < -0.3 is 9.80 Å². The summed E-state index contributed by atoms with van der Waals surface area (Å²) in [6.45, 7) is 5.61. The van der Waals surface area contributed by atoms with E-state index in [4.69, 9.17) is 0 Å². The van der Waals surface area contributed by atoms with E-state index in [2.05, 4.69) is 20.2 Å². The summed E-state index contributed by atoms with van der Waals surface area (Å²) >= 11 is 1.71. The van der Waals surface area contributed by atoms with Gasteiger partial charge in [0.2, 0.25) is 5.91 Å². The zero-order valence-corrected chi connectivity index (χ0v) is 14.1. The van der Waals surface area contributed by atoms with E-state index in [1.165, 1.54) is 25.7 Å². The fourth-order valence-corrected chi connectivity index (χ4v) is 5.47. The number of rotatable bonds is 3. The number of nitrogens with zero attached hydrogens (tertiary/aromatic N) is 3. The van der Waals surface area contributed by atoms with Gasteiger partial charge in [-0.05, 0) is 43.9 Å². The van der Waals surface area contributed by atoms with Crippen LogP contribution in [0.5, 0.6) is 0 Å². The van der Waals surface area contributed by atoms with Gasteiger partial charge in [0.25, 0.3) is 0 Å². The predicted octanol–water partition coefficient (Wildman–Crippen LogP) is 2.93. The molecule has 0 N–H and O–H groups in total. The van der Waals surface area contributed by atoms with Crippen molar-refractivity contribution < 1.29 is 4.79 Å². The minimum absolute atomic E-state index is 0.396. The number of fused-ring (bicyclic) bond motifs is 2. The number of carbonyl (C=O) groups excluding carboxylic acids is 1. The molecule has 0 spiro atoms. The topological polar surface area (TPSA) is 36.4 Å². The van der Waals surface area contributed by atoms with Crippen molar-refractivity contribution in [2.24, 2.45) is 17.8 Å². The first-order chi connectivity index (χ1) is 10.7. The molecule has 3 atom stereocenters. The molecular formula is C17H25N3OS. The number of aryl methyl sites for hydroxylation is 1. The second-order valence-electron chi connectivity index (χ2n) is 7.28. The van der Waals surface area contributed by atoms with Gasteiger partial charge in [-0.2, -0.15) is 0 Å². The molecule has 2 aliphatic carbocycles. The molecule has 1 aromatic rings. The lowest BCUT2D eigenvalue weighted by Crippen LogP contribution is -2.49. The Morgan fingerprint density at radius 1 is 1.27 bits per heavy atom. The molecule has 0 radical (unpaired) electrons. The van der Waals surface area contributed by atoms with Crippen LogP contribution in [0.3, 0.4) is 0 Å². The van der Waals surface area contributed by atoms with Gasteiger partial charge >= 0.3 is 0 Å². The third-order valence-corrected chi connectivity index (χ3v) is 6.85. The molecule has 5 heteroatoms. The van der Waals surface area contributed by atoms with E-state index < -0.39 is 0 Å². The first kappa shape index (κ1) is 14.5. The molecule has 1 amide bonds. The van der Waals surface area contributed by atoms with E-state index in [1.807, 2.05) is 6.92 Å². The predicted molar refractivity (Wildman–Crippen MR) is 89.2 cm³/mol. The molecule has 2 bridgehead atoms. The Morgan fingerprint density at radius 2 is 2.09 bits per heavy atom. The minimum Gasteiger partial charge on any atom is -0.345 e. The monoisotopic (exact) mass is 319 g/mol. The van der Waals surface area contributed by atoms with Crippen LogP contribution in [0.25, 0.3) is 0 Å². The Labute approximate surface area is 136 Å². The first-order valence-electron chi connectivity index (χ1n) is 8.64. The van der Waals surface area contributed by atoms with Gasteiger partial charge in [-0.3, -0.25) is 4.79 Å². The van der Waals surface area contributed by atoms with Crippen LogP contribution in [0.15, 0.2) is 5.38 Å². The fourth-order valence-electron chi connectivity index (χ4n) is 4.61. The standard InChI is InChI=1S/C17H25N3OS/c1-12-11-22-17(18-12)20-6-4-19(5-7-20)16(21)10-15-9-13-2-3-14(15)8-13/h11,13-15H,2-10H2,1H3/t13-,14-,15-/m0/s1. The van der Waals surface area contributed by atoms with Crippen LogP contribution in [-0.2, 0) is 4.79 Å².